The lowest BCUT2D eigenvalue weighted by Crippen LogP contribution is -2.48. The van der Waals surface area contributed by atoms with Crippen molar-refractivity contribution in [2.24, 2.45) is 5.73 Å². The zero-order valence-corrected chi connectivity index (χ0v) is 13.2. The molecule has 1 aliphatic carbocycles. The van der Waals surface area contributed by atoms with Crippen LogP contribution in [0.4, 0.5) is 0 Å². The van der Waals surface area contributed by atoms with Gasteiger partial charge >= 0.3 is 0 Å². The van der Waals surface area contributed by atoms with E-state index in [1.165, 1.54) is 36.8 Å². The number of fused-ring (bicyclic) bond motifs is 1. The van der Waals surface area contributed by atoms with E-state index in [0.717, 1.165) is 38.0 Å². The van der Waals surface area contributed by atoms with Crippen LogP contribution in [0.5, 0.6) is 5.75 Å². The molecule has 1 aliphatic rings. The summed E-state index contributed by atoms with van der Waals surface area (Å²) in [6, 6.07) is 6.30. The molecule has 1 unspecified atom stereocenters. The molecule has 0 saturated carbocycles. The molecule has 118 valence electrons. The van der Waals surface area contributed by atoms with Crippen molar-refractivity contribution in [2.75, 3.05) is 13.2 Å². The standard InChI is InChI=1S/C18H29NO2/c1-2-3-4-5-6-11-21-17-8-7-16-13-18(19,14-20)10-9-15(16)12-17/h7-8,12,20H,2-6,9-11,13-14,19H2,1H3. The molecule has 3 N–H and O–H groups in total. The Morgan fingerprint density at radius 3 is 2.76 bits per heavy atom. The molecule has 0 saturated heterocycles. The summed E-state index contributed by atoms with van der Waals surface area (Å²) in [7, 11) is 0. The fraction of sp³-hybridized carbons (Fsp3) is 0.667. The second kappa shape index (κ2) is 7.81. The summed E-state index contributed by atoms with van der Waals surface area (Å²) in [6.45, 7) is 3.10. The van der Waals surface area contributed by atoms with Gasteiger partial charge in [0.2, 0.25) is 0 Å². The van der Waals surface area contributed by atoms with Crippen molar-refractivity contribution >= 4 is 0 Å². The van der Waals surface area contributed by atoms with Crippen molar-refractivity contribution in [1.29, 1.82) is 0 Å². The van der Waals surface area contributed by atoms with Crippen LogP contribution in [0.3, 0.4) is 0 Å². The van der Waals surface area contributed by atoms with E-state index < -0.39 is 5.54 Å². The fourth-order valence-electron chi connectivity index (χ4n) is 2.98. The van der Waals surface area contributed by atoms with Crippen molar-refractivity contribution in [3.63, 3.8) is 0 Å². The lowest BCUT2D eigenvalue weighted by Gasteiger charge is -2.33. The van der Waals surface area contributed by atoms with Gasteiger partial charge in [-0.15, -0.1) is 0 Å². The van der Waals surface area contributed by atoms with E-state index in [1.807, 2.05) is 6.07 Å². The zero-order valence-electron chi connectivity index (χ0n) is 13.2. The third-order valence-corrected chi connectivity index (χ3v) is 4.44. The number of aliphatic hydroxyl groups is 1. The molecule has 0 aliphatic heterocycles. The highest BCUT2D eigenvalue weighted by Crippen LogP contribution is 2.29. The molecule has 0 amide bonds. The van der Waals surface area contributed by atoms with Gasteiger partial charge in [-0.1, -0.05) is 38.7 Å². The Bertz CT molecular complexity index is 447. The smallest absolute Gasteiger partial charge is 0.119 e. The molecule has 21 heavy (non-hydrogen) atoms. The Balaban J connectivity index is 1.82. The Kier molecular flexibility index (Phi) is 6.07. The highest BCUT2D eigenvalue weighted by Gasteiger charge is 2.29. The van der Waals surface area contributed by atoms with E-state index >= 15 is 0 Å². The van der Waals surface area contributed by atoms with Crippen molar-refractivity contribution in [3.05, 3.63) is 29.3 Å². The molecular weight excluding hydrogens is 262 g/mol. The summed E-state index contributed by atoms with van der Waals surface area (Å²) in [5, 5.41) is 9.39. The van der Waals surface area contributed by atoms with E-state index in [4.69, 9.17) is 10.5 Å². The second-order valence-corrected chi connectivity index (χ2v) is 6.39. The average Bonchev–Trinajstić information content (AvgIpc) is 2.51. The van der Waals surface area contributed by atoms with E-state index in [-0.39, 0.29) is 6.61 Å². The first-order valence-electron chi connectivity index (χ1n) is 8.31. The first-order valence-corrected chi connectivity index (χ1v) is 8.31. The van der Waals surface area contributed by atoms with Crippen molar-refractivity contribution in [1.82, 2.24) is 0 Å². The molecule has 0 fully saturated rings. The van der Waals surface area contributed by atoms with Gasteiger partial charge in [-0.25, -0.2) is 0 Å². The van der Waals surface area contributed by atoms with Crippen LogP contribution in [0.1, 0.15) is 56.6 Å². The Hall–Kier alpha value is -1.06. The first-order chi connectivity index (χ1) is 10.2. The number of aliphatic hydroxyl groups excluding tert-OH is 1. The minimum atomic E-state index is -0.436. The molecule has 2 rings (SSSR count). The highest BCUT2D eigenvalue weighted by atomic mass is 16.5. The predicted molar refractivity (Wildman–Crippen MR) is 86.7 cm³/mol. The predicted octanol–water partition coefficient (Wildman–Crippen LogP) is 3.21. The Morgan fingerprint density at radius 2 is 2.00 bits per heavy atom. The molecule has 0 aromatic heterocycles. The lowest BCUT2D eigenvalue weighted by molar-refractivity contribution is 0.181. The van der Waals surface area contributed by atoms with E-state index in [1.54, 1.807) is 0 Å². The molecule has 0 heterocycles. The SMILES string of the molecule is CCCCCCCOc1ccc2c(c1)CCC(N)(CO)C2. The normalized spacial score (nSPS) is 21.1. The zero-order chi connectivity index (χ0) is 15.1. The van der Waals surface area contributed by atoms with Gasteiger partial charge in [0.15, 0.2) is 0 Å². The van der Waals surface area contributed by atoms with Crippen LogP contribution in [-0.2, 0) is 12.8 Å². The quantitative estimate of drug-likeness (QED) is 0.723. The summed E-state index contributed by atoms with van der Waals surface area (Å²) < 4.78 is 5.85. The van der Waals surface area contributed by atoms with Crippen molar-refractivity contribution < 1.29 is 9.84 Å². The van der Waals surface area contributed by atoms with E-state index in [9.17, 15) is 5.11 Å². The van der Waals surface area contributed by atoms with E-state index in [0.29, 0.717) is 0 Å². The summed E-state index contributed by atoms with van der Waals surface area (Å²) in [5.74, 6) is 0.970. The number of nitrogens with two attached hydrogens (primary N) is 1. The van der Waals surface area contributed by atoms with Crippen LogP contribution in [0.2, 0.25) is 0 Å². The van der Waals surface area contributed by atoms with Gasteiger partial charge in [-0.3, -0.25) is 0 Å². The summed E-state index contributed by atoms with van der Waals surface area (Å²) in [5.41, 5.74) is 8.32. The Morgan fingerprint density at radius 1 is 1.19 bits per heavy atom. The first kappa shape index (κ1) is 16.3. The maximum absolute atomic E-state index is 9.39. The van der Waals surface area contributed by atoms with Crippen LogP contribution in [-0.4, -0.2) is 23.9 Å². The molecular formula is C18H29NO2. The molecule has 3 heteroatoms. The number of aryl methyl sites for hydroxylation is 1. The third kappa shape index (κ3) is 4.72. The number of hydrogen-bond donors (Lipinski definition) is 2. The highest BCUT2D eigenvalue weighted by molar-refractivity contribution is 5.38. The van der Waals surface area contributed by atoms with Crippen molar-refractivity contribution in [3.8, 4) is 5.75 Å². The monoisotopic (exact) mass is 291 g/mol. The lowest BCUT2D eigenvalue weighted by atomic mass is 9.79. The molecule has 1 atom stereocenters. The number of hydrogen-bond acceptors (Lipinski definition) is 3. The van der Waals surface area contributed by atoms with Gasteiger partial charge in [0.05, 0.1) is 13.2 Å². The van der Waals surface area contributed by atoms with Gasteiger partial charge in [0.1, 0.15) is 5.75 Å². The summed E-state index contributed by atoms with van der Waals surface area (Å²) >= 11 is 0. The molecule has 0 bridgehead atoms. The average molecular weight is 291 g/mol. The number of rotatable bonds is 8. The number of unbranched alkanes of at least 4 members (excludes halogenated alkanes) is 4. The van der Waals surface area contributed by atoms with Crippen LogP contribution in [0, 0.1) is 0 Å². The maximum Gasteiger partial charge on any atom is 0.119 e. The largest absolute Gasteiger partial charge is 0.494 e. The van der Waals surface area contributed by atoms with Gasteiger partial charge in [0.25, 0.3) is 0 Å². The summed E-state index contributed by atoms with van der Waals surface area (Å²) in [4.78, 5) is 0. The minimum Gasteiger partial charge on any atom is -0.494 e. The van der Waals surface area contributed by atoms with Gasteiger partial charge in [-0.2, -0.15) is 0 Å². The van der Waals surface area contributed by atoms with Gasteiger partial charge < -0.3 is 15.6 Å². The topological polar surface area (TPSA) is 55.5 Å². The number of benzene rings is 1. The van der Waals surface area contributed by atoms with Crippen molar-refractivity contribution in [2.45, 2.75) is 63.8 Å². The van der Waals surface area contributed by atoms with E-state index in [2.05, 4.69) is 19.1 Å². The van der Waals surface area contributed by atoms with Crippen LogP contribution in [0.15, 0.2) is 18.2 Å². The van der Waals surface area contributed by atoms with Gasteiger partial charge in [0, 0.05) is 5.54 Å². The molecule has 1 aromatic rings. The Labute approximate surface area is 128 Å². The van der Waals surface area contributed by atoms with Crippen LogP contribution in [0.25, 0.3) is 0 Å². The van der Waals surface area contributed by atoms with Gasteiger partial charge in [-0.05, 0) is 48.9 Å². The molecule has 1 aromatic carbocycles. The molecule has 0 spiro atoms. The second-order valence-electron chi connectivity index (χ2n) is 6.39. The van der Waals surface area contributed by atoms with Crippen LogP contribution < -0.4 is 10.5 Å². The molecule has 3 nitrogen and oxygen atoms in total. The summed E-state index contributed by atoms with van der Waals surface area (Å²) in [6.07, 6.45) is 8.84. The third-order valence-electron chi connectivity index (χ3n) is 4.44. The maximum atomic E-state index is 9.39. The fourth-order valence-corrected chi connectivity index (χ4v) is 2.98. The minimum absolute atomic E-state index is 0.0580. The molecule has 0 radical (unpaired) electrons. The van der Waals surface area contributed by atoms with Crippen LogP contribution >= 0.6 is 0 Å². The number of ether oxygens (including phenoxy) is 1.